The van der Waals surface area contributed by atoms with Crippen molar-refractivity contribution in [2.45, 2.75) is 51.5 Å². The number of hydrogen-bond donors (Lipinski definition) is 3. The molecule has 0 aliphatic carbocycles. The van der Waals surface area contributed by atoms with Crippen molar-refractivity contribution < 1.29 is 14.6 Å². The van der Waals surface area contributed by atoms with E-state index in [1.807, 2.05) is 64.2 Å². The normalized spacial score (nSPS) is 13.9. The third-order valence-corrected chi connectivity index (χ3v) is 7.48. The number of aryl methyl sites for hydroxylation is 1. The van der Waals surface area contributed by atoms with Crippen LogP contribution in [0.3, 0.4) is 0 Å². The van der Waals surface area contributed by atoms with E-state index in [4.69, 9.17) is 10.5 Å². The molecule has 0 saturated carbocycles. The number of carboxylic acid groups (broad SMARTS) is 1. The number of aliphatic carboxylic acids is 1. The van der Waals surface area contributed by atoms with E-state index in [-0.39, 0.29) is 12.3 Å². The molecule has 4 rings (SSSR count). The average molecular weight is 508 g/mol. The van der Waals surface area contributed by atoms with Crippen molar-refractivity contribution in [3.05, 3.63) is 82.4 Å². The van der Waals surface area contributed by atoms with E-state index in [0.717, 1.165) is 46.1 Å². The van der Waals surface area contributed by atoms with E-state index in [1.165, 1.54) is 11.1 Å². The van der Waals surface area contributed by atoms with Crippen molar-refractivity contribution in [2.24, 2.45) is 0 Å². The Hall–Kier alpha value is -3.16. The van der Waals surface area contributed by atoms with Crippen molar-refractivity contribution in [1.82, 2.24) is 4.31 Å². The van der Waals surface area contributed by atoms with Gasteiger partial charge in [-0.15, -0.1) is 0 Å². The van der Waals surface area contributed by atoms with Gasteiger partial charge in [-0.05, 0) is 71.8 Å². The summed E-state index contributed by atoms with van der Waals surface area (Å²) in [6.45, 7) is 10.2. The number of nitrogens with zero attached hydrogens (tertiary/aromatic N) is 1. The Morgan fingerprint density at radius 3 is 2.64 bits per heavy atom. The van der Waals surface area contributed by atoms with E-state index in [1.54, 1.807) is 11.9 Å². The first-order chi connectivity index (χ1) is 17.4. The van der Waals surface area contributed by atoms with E-state index in [9.17, 15) is 9.90 Å². The molecule has 4 N–H and O–H groups in total. The second-order valence-electron chi connectivity index (χ2n) is 8.58. The monoisotopic (exact) mass is 507 g/mol. The smallest absolute Gasteiger partial charge is 0.304 e. The van der Waals surface area contributed by atoms with Crippen molar-refractivity contribution in [3.63, 3.8) is 0 Å². The summed E-state index contributed by atoms with van der Waals surface area (Å²) in [5.74, 6) is -0.203. The number of carbonyl (C=O) groups is 1. The van der Waals surface area contributed by atoms with Crippen LogP contribution in [0.25, 0.3) is 0 Å². The Labute approximate surface area is 219 Å². The highest BCUT2D eigenvalue weighted by Crippen LogP contribution is 2.38. The summed E-state index contributed by atoms with van der Waals surface area (Å²) in [7, 11) is 1.83. The third kappa shape index (κ3) is 6.33. The molecule has 192 valence electrons. The van der Waals surface area contributed by atoms with Crippen molar-refractivity contribution in [2.75, 3.05) is 31.2 Å². The van der Waals surface area contributed by atoms with Crippen LogP contribution in [0.2, 0.25) is 0 Å². The largest absolute Gasteiger partial charge is 0.491 e. The van der Waals surface area contributed by atoms with Crippen LogP contribution in [0, 0.1) is 13.8 Å². The Bertz CT molecular complexity index is 1200. The molecule has 0 fully saturated rings. The van der Waals surface area contributed by atoms with E-state index in [2.05, 4.69) is 34.7 Å². The van der Waals surface area contributed by atoms with Gasteiger partial charge in [0.2, 0.25) is 0 Å². The molecule has 0 saturated heterocycles. The third-order valence-electron chi connectivity index (χ3n) is 6.38. The van der Waals surface area contributed by atoms with Crippen LogP contribution < -0.4 is 15.8 Å². The molecule has 0 amide bonds. The van der Waals surface area contributed by atoms with Crippen LogP contribution in [0.15, 0.2) is 59.5 Å². The number of fused-ring (bicyclic) bond motifs is 1. The van der Waals surface area contributed by atoms with Gasteiger partial charge in [0.05, 0.1) is 22.7 Å². The maximum atomic E-state index is 11.8. The lowest BCUT2D eigenvalue weighted by atomic mass is 9.84. The molecular weight excluding hydrogens is 470 g/mol. The summed E-state index contributed by atoms with van der Waals surface area (Å²) < 4.78 is 8.21. The minimum atomic E-state index is -0.834. The second kappa shape index (κ2) is 12.7. The number of carboxylic acids is 1. The highest BCUT2D eigenvalue weighted by Gasteiger charge is 2.23. The zero-order valence-corrected chi connectivity index (χ0v) is 22.6. The second-order valence-corrected chi connectivity index (χ2v) is 9.72. The zero-order valence-electron chi connectivity index (χ0n) is 21.8. The summed E-state index contributed by atoms with van der Waals surface area (Å²) in [4.78, 5) is 12.9. The van der Waals surface area contributed by atoms with Crippen molar-refractivity contribution in [1.29, 1.82) is 0 Å². The van der Waals surface area contributed by atoms with Crippen LogP contribution in [-0.4, -0.2) is 35.6 Å². The number of nitrogen functional groups attached to an aromatic ring is 1. The maximum Gasteiger partial charge on any atom is 0.304 e. The number of para-hydroxylation sites is 1. The molecule has 7 heteroatoms. The minimum Gasteiger partial charge on any atom is -0.491 e. The van der Waals surface area contributed by atoms with Gasteiger partial charge in [-0.1, -0.05) is 50.2 Å². The topological polar surface area (TPSA) is 87.8 Å². The SMILES string of the molecule is CC.CNc1ccc(C(CC(=O)O)c2ccc(C)c(CN3CCOc4ccccc4S3)c2)c(C)c1N. The van der Waals surface area contributed by atoms with Crippen molar-refractivity contribution in [3.8, 4) is 5.75 Å². The number of anilines is 2. The van der Waals surface area contributed by atoms with Gasteiger partial charge < -0.3 is 20.9 Å². The first-order valence-corrected chi connectivity index (χ1v) is 13.2. The molecule has 1 unspecified atom stereocenters. The Balaban J connectivity index is 0.00000176. The Morgan fingerprint density at radius 1 is 1.17 bits per heavy atom. The van der Waals surface area contributed by atoms with Crippen LogP contribution in [0.5, 0.6) is 5.75 Å². The van der Waals surface area contributed by atoms with Gasteiger partial charge in [0, 0.05) is 26.1 Å². The molecule has 0 aromatic heterocycles. The van der Waals surface area contributed by atoms with Crippen molar-refractivity contribution >= 4 is 29.3 Å². The van der Waals surface area contributed by atoms with Gasteiger partial charge in [-0.25, -0.2) is 4.31 Å². The lowest BCUT2D eigenvalue weighted by molar-refractivity contribution is -0.137. The highest BCUT2D eigenvalue weighted by molar-refractivity contribution is 7.97. The molecule has 36 heavy (non-hydrogen) atoms. The molecule has 0 radical (unpaired) electrons. The van der Waals surface area contributed by atoms with Crippen LogP contribution in [-0.2, 0) is 11.3 Å². The summed E-state index contributed by atoms with van der Waals surface area (Å²) in [5.41, 5.74) is 13.0. The van der Waals surface area contributed by atoms with Gasteiger partial charge in [0.1, 0.15) is 12.4 Å². The van der Waals surface area contributed by atoms with E-state index in [0.29, 0.717) is 12.3 Å². The van der Waals surface area contributed by atoms with E-state index >= 15 is 0 Å². The maximum absolute atomic E-state index is 11.8. The zero-order chi connectivity index (χ0) is 26.2. The fourth-order valence-corrected chi connectivity index (χ4v) is 5.39. The van der Waals surface area contributed by atoms with Crippen LogP contribution in [0.4, 0.5) is 11.4 Å². The fraction of sp³-hybridized carbons (Fsp3) is 0.345. The van der Waals surface area contributed by atoms with Gasteiger partial charge in [0.25, 0.3) is 0 Å². The molecule has 1 atom stereocenters. The Kier molecular flexibility index (Phi) is 9.67. The summed E-state index contributed by atoms with van der Waals surface area (Å²) in [6, 6.07) is 18.3. The summed E-state index contributed by atoms with van der Waals surface area (Å²) in [6.07, 6.45) is 0.00135. The molecule has 3 aromatic rings. The van der Waals surface area contributed by atoms with Gasteiger partial charge in [-0.2, -0.15) is 0 Å². The van der Waals surface area contributed by atoms with Crippen LogP contribution in [0.1, 0.15) is 54.0 Å². The molecule has 1 heterocycles. The first-order valence-electron chi connectivity index (χ1n) is 12.4. The van der Waals surface area contributed by atoms with E-state index < -0.39 is 5.97 Å². The molecule has 1 aliphatic heterocycles. The molecule has 1 aliphatic rings. The molecule has 3 aromatic carbocycles. The molecular formula is C29H37N3O3S. The Morgan fingerprint density at radius 2 is 1.92 bits per heavy atom. The molecule has 6 nitrogen and oxygen atoms in total. The lowest BCUT2D eigenvalue weighted by Crippen LogP contribution is -2.20. The summed E-state index contributed by atoms with van der Waals surface area (Å²) >= 11 is 1.70. The van der Waals surface area contributed by atoms with Gasteiger partial charge in [-0.3, -0.25) is 4.79 Å². The first kappa shape index (κ1) is 27.4. The molecule has 0 bridgehead atoms. The average Bonchev–Trinajstić information content (AvgIpc) is 3.08. The minimum absolute atomic E-state index is 0.00135. The highest BCUT2D eigenvalue weighted by atomic mass is 32.2. The standard InChI is InChI=1S/C27H31N3O3S.C2H6/c1-17-8-9-19(22(15-26(31)32)21-10-11-23(29-3)27(28)18(21)2)14-20(17)16-30-12-13-33-24-6-4-5-7-25(24)34-30;1-2/h4-11,14,22,29H,12-13,15-16,28H2,1-3H3,(H,31,32);1-2H3. The predicted molar refractivity (Wildman–Crippen MR) is 150 cm³/mol. The number of rotatable bonds is 7. The predicted octanol–water partition coefficient (Wildman–Crippen LogP) is 6.46. The summed E-state index contributed by atoms with van der Waals surface area (Å²) in [5, 5.41) is 12.8. The number of nitrogens with two attached hydrogens (primary N) is 1. The van der Waals surface area contributed by atoms with Gasteiger partial charge in [0.15, 0.2) is 0 Å². The molecule has 0 spiro atoms. The number of nitrogens with one attached hydrogen (secondary N) is 1. The fourth-order valence-electron chi connectivity index (χ4n) is 4.39. The lowest BCUT2D eigenvalue weighted by Gasteiger charge is -2.24. The quantitative estimate of drug-likeness (QED) is 0.250. The van der Waals surface area contributed by atoms with Gasteiger partial charge >= 0.3 is 5.97 Å². The van der Waals surface area contributed by atoms with Crippen LogP contribution >= 0.6 is 11.9 Å². The number of hydrogen-bond acceptors (Lipinski definition) is 6. The number of benzene rings is 3. The number of ether oxygens (including phenoxy) is 1.